The van der Waals surface area contributed by atoms with E-state index in [9.17, 15) is 9.90 Å². The molecular weight excluding hydrogens is 242 g/mol. The number of rotatable bonds is 4. The molecule has 1 heterocycles. The van der Waals surface area contributed by atoms with Crippen LogP contribution in [0.2, 0.25) is 0 Å². The van der Waals surface area contributed by atoms with Gasteiger partial charge in [0.15, 0.2) is 0 Å². The summed E-state index contributed by atoms with van der Waals surface area (Å²) >= 11 is 0. The van der Waals surface area contributed by atoms with Crippen molar-refractivity contribution in [3.05, 3.63) is 29.8 Å². The number of amides is 1. The van der Waals surface area contributed by atoms with E-state index in [1.807, 2.05) is 17.0 Å². The topological polar surface area (TPSA) is 78.6 Å². The van der Waals surface area contributed by atoms with Gasteiger partial charge in [-0.05, 0) is 37.1 Å². The van der Waals surface area contributed by atoms with Crippen LogP contribution in [-0.4, -0.2) is 42.1 Å². The molecule has 5 heteroatoms. The molecule has 5 nitrogen and oxygen atoms in total. The predicted octanol–water partition coefficient (Wildman–Crippen LogP) is 0.513. The van der Waals surface area contributed by atoms with Crippen molar-refractivity contribution < 1.29 is 9.90 Å². The number of carbonyl (C=O) groups excluding carboxylic acids is 1. The average molecular weight is 263 g/mol. The predicted molar refractivity (Wildman–Crippen MR) is 74.5 cm³/mol. The number of nitrogens with one attached hydrogen (secondary N) is 1. The average Bonchev–Trinajstić information content (AvgIpc) is 2.86. The number of aliphatic hydroxyl groups excluding tert-OH is 1. The monoisotopic (exact) mass is 263 g/mol. The number of likely N-dealkylation sites (tertiary alicyclic amines) is 1. The summed E-state index contributed by atoms with van der Waals surface area (Å²) in [5.41, 5.74) is 7.15. The maximum Gasteiger partial charge on any atom is 0.237 e. The zero-order valence-electron chi connectivity index (χ0n) is 11.2. The molecule has 0 saturated carbocycles. The van der Waals surface area contributed by atoms with Crippen LogP contribution in [-0.2, 0) is 4.79 Å². The molecule has 1 fully saturated rings. The Morgan fingerprint density at radius 1 is 1.63 bits per heavy atom. The molecule has 1 aromatic carbocycles. The van der Waals surface area contributed by atoms with E-state index < -0.39 is 6.10 Å². The third-order valence-corrected chi connectivity index (χ3v) is 3.62. The van der Waals surface area contributed by atoms with E-state index in [0.29, 0.717) is 12.2 Å². The summed E-state index contributed by atoms with van der Waals surface area (Å²) in [4.78, 5) is 13.8. The SMILES string of the molecule is CNC(=O)C1CCCN1CC(O)c1cccc(N)c1. The zero-order chi connectivity index (χ0) is 13.8. The quantitative estimate of drug-likeness (QED) is 0.692. The summed E-state index contributed by atoms with van der Waals surface area (Å²) in [5.74, 6) is 0.0253. The minimum Gasteiger partial charge on any atom is -0.399 e. The van der Waals surface area contributed by atoms with Crippen LogP contribution < -0.4 is 11.1 Å². The lowest BCUT2D eigenvalue weighted by atomic mass is 10.1. The second-order valence-corrected chi connectivity index (χ2v) is 4.95. The van der Waals surface area contributed by atoms with Gasteiger partial charge < -0.3 is 16.2 Å². The molecule has 1 amide bonds. The Kier molecular flexibility index (Phi) is 4.39. The maximum absolute atomic E-state index is 11.7. The lowest BCUT2D eigenvalue weighted by Gasteiger charge is -2.25. The van der Waals surface area contributed by atoms with Gasteiger partial charge in [0.05, 0.1) is 12.1 Å². The van der Waals surface area contributed by atoms with Crippen molar-refractivity contribution in [2.24, 2.45) is 0 Å². The number of carbonyl (C=O) groups is 1. The number of likely N-dealkylation sites (N-methyl/N-ethyl adjacent to an activating group) is 1. The van der Waals surface area contributed by atoms with E-state index in [2.05, 4.69) is 5.32 Å². The van der Waals surface area contributed by atoms with E-state index in [-0.39, 0.29) is 11.9 Å². The van der Waals surface area contributed by atoms with Gasteiger partial charge >= 0.3 is 0 Å². The molecule has 1 aromatic rings. The van der Waals surface area contributed by atoms with E-state index >= 15 is 0 Å². The van der Waals surface area contributed by atoms with Crippen molar-refractivity contribution in [3.8, 4) is 0 Å². The first-order valence-electron chi connectivity index (χ1n) is 6.61. The summed E-state index contributed by atoms with van der Waals surface area (Å²) in [6.07, 6.45) is 1.22. The summed E-state index contributed by atoms with van der Waals surface area (Å²) in [5, 5.41) is 12.9. The molecule has 104 valence electrons. The first-order valence-corrected chi connectivity index (χ1v) is 6.61. The number of β-amino-alcohol motifs (C(OH)–C–C–N with tert-alkyl or cyclic N) is 1. The molecule has 0 bridgehead atoms. The number of anilines is 1. The molecular formula is C14H21N3O2. The Morgan fingerprint density at radius 3 is 3.11 bits per heavy atom. The Balaban J connectivity index is 2.02. The zero-order valence-corrected chi connectivity index (χ0v) is 11.2. The molecule has 4 N–H and O–H groups in total. The smallest absolute Gasteiger partial charge is 0.237 e. The number of aliphatic hydroxyl groups is 1. The molecule has 1 aliphatic heterocycles. The molecule has 2 unspecified atom stereocenters. The van der Waals surface area contributed by atoms with Crippen LogP contribution in [0.1, 0.15) is 24.5 Å². The summed E-state index contributed by atoms with van der Waals surface area (Å²) in [6.45, 7) is 1.30. The summed E-state index contributed by atoms with van der Waals surface area (Å²) in [6, 6.07) is 7.12. The molecule has 1 saturated heterocycles. The van der Waals surface area contributed by atoms with E-state index in [0.717, 1.165) is 24.9 Å². The number of nitrogens with zero attached hydrogens (tertiary/aromatic N) is 1. The molecule has 1 aliphatic rings. The van der Waals surface area contributed by atoms with Crippen LogP contribution >= 0.6 is 0 Å². The van der Waals surface area contributed by atoms with Crippen molar-refractivity contribution in [1.82, 2.24) is 10.2 Å². The molecule has 0 aliphatic carbocycles. The highest BCUT2D eigenvalue weighted by atomic mass is 16.3. The molecule has 2 atom stereocenters. The van der Waals surface area contributed by atoms with Gasteiger partial charge in [-0.2, -0.15) is 0 Å². The molecule has 19 heavy (non-hydrogen) atoms. The Hall–Kier alpha value is -1.59. The van der Waals surface area contributed by atoms with Gasteiger partial charge in [0.2, 0.25) is 5.91 Å². The van der Waals surface area contributed by atoms with Crippen molar-refractivity contribution in [2.75, 3.05) is 25.9 Å². The Morgan fingerprint density at radius 2 is 2.42 bits per heavy atom. The van der Waals surface area contributed by atoms with Crippen molar-refractivity contribution >= 4 is 11.6 Å². The number of hydrogen-bond acceptors (Lipinski definition) is 4. The van der Waals surface area contributed by atoms with E-state index in [1.54, 1.807) is 19.2 Å². The second kappa shape index (κ2) is 6.04. The summed E-state index contributed by atoms with van der Waals surface area (Å²) in [7, 11) is 1.65. The second-order valence-electron chi connectivity index (χ2n) is 4.95. The Bertz CT molecular complexity index is 450. The molecule has 0 radical (unpaired) electrons. The highest BCUT2D eigenvalue weighted by Crippen LogP contribution is 2.23. The van der Waals surface area contributed by atoms with Crippen LogP contribution in [0, 0.1) is 0 Å². The first-order chi connectivity index (χ1) is 9.11. The standard InChI is InChI=1S/C14H21N3O2/c1-16-14(19)12-6-3-7-17(12)9-13(18)10-4-2-5-11(15)8-10/h2,4-5,8,12-13,18H,3,6-7,9,15H2,1H3,(H,16,19). The fraction of sp³-hybridized carbons (Fsp3) is 0.500. The Labute approximate surface area is 113 Å². The number of nitrogen functional groups attached to an aromatic ring is 1. The van der Waals surface area contributed by atoms with Gasteiger partial charge in [-0.1, -0.05) is 12.1 Å². The summed E-state index contributed by atoms with van der Waals surface area (Å²) < 4.78 is 0. The fourth-order valence-electron chi connectivity index (χ4n) is 2.60. The lowest BCUT2D eigenvalue weighted by Crippen LogP contribution is -2.43. The van der Waals surface area contributed by atoms with Crippen LogP contribution in [0.3, 0.4) is 0 Å². The van der Waals surface area contributed by atoms with Crippen molar-refractivity contribution in [1.29, 1.82) is 0 Å². The van der Waals surface area contributed by atoms with Crippen molar-refractivity contribution in [3.63, 3.8) is 0 Å². The first kappa shape index (κ1) is 13.8. The highest BCUT2D eigenvalue weighted by Gasteiger charge is 2.31. The number of nitrogens with two attached hydrogens (primary N) is 1. The van der Waals surface area contributed by atoms with Gasteiger partial charge in [-0.15, -0.1) is 0 Å². The van der Waals surface area contributed by atoms with Gasteiger partial charge in [0.1, 0.15) is 0 Å². The van der Waals surface area contributed by atoms with Gasteiger partial charge in [0.25, 0.3) is 0 Å². The fourth-order valence-corrected chi connectivity index (χ4v) is 2.60. The minimum absolute atomic E-state index is 0.0253. The molecule has 0 spiro atoms. The third-order valence-electron chi connectivity index (χ3n) is 3.62. The van der Waals surface area contributed by atoms with Crippen LogP contribution in [0.25, 0.3) is 0 Å². The van der Waals surface area contributed by atoms with Crippen LogP contribution in [0.4, 0.5) is 5.69 Å². The van der Waals surface area contributed by atoms with Gasteiger partial charge in [-0.25, -0.2) is 0 Å². The molecule has 0 aromatic heterocycles. The van der Waals surface area contributed by atoms with Gasteiger partial charge in [0, 0.05) is 19.3 Å². The minimum atomic E-state index is -0.617. The number of benzene rings is 1. The lowest BCUT2D eigenvalue weighted by molar-refractivity contribution is -0.125. The highest BCUT2D eigenvalue weighted by molar-refractivity contribution is 5.81. The molecule has 2 rings (SSSR count). The normalized spacial score (nSPS) is 21.3. The maximum atomic E-state index is 11.7. The van der Waals surface area contributed by atoms with E-state index in [4.69, 9.17) is 5.73 Å². The number of hydrogen-bond donors (Lipinski definition) is 3. The van der Waals surface area contributed by atoms with Crippen LogP contribution in [0.5, 0.6) is 0 Å². The van der Waals surface area contributed by atoms with E-state index in [1.165, 1.54) is 0 Å². The van der Waals surface area contributed by atoms with Crippen LogP contribution in [0.15, 0.2) is 24.3 Å². The largest absolute Gasteiger partial charge is 0.399 e. The van der Waals surface area contributed by atoms with Crippen molar-refractivity contribution in [2.45, 2.75) is 25.0 Å². The van der Waals surface area contributed by atoms with Gasteiger partial charge in [-0.3, -0.25) is 9.69 Å². The third kappa shape index (κ3) is 3.24.